The minimum absolute atomic E-state index is 0. The fourth-order valence-corrected chi connectivity index (χ4v) is 0.176. The Balaban J connectivity index is -0.000000143. The predicted molar refractivity (Wildman–Crippen MR) is 38.6 cm³/mol. The summed E-state index contributed by atoms with van der Waals surface area (Å²) in [5, 5.41) is 9.27. The Morgan fingerprint density at radius 3 is 1.62 bits per heavy atom. The SMILES string of the molecule is [C-]#[N+]CC(=O)[O-].[C-]#[N+]CC(C)=O.[K+]. The first-order chi connectivity index (χ1) is 5.54. The van der Waals surface area contributed by atoms with E-state index in [0.29, 0.717) is 0 Å². The summed E-state index contributed by atoms with van der Waals surface area (Å²) in [5.41, 5.74) is 0. The van der Waals surface area contributed by atoms with Crippen molar-refractivity contribution in [1.29, 1.82) is 0 Å². The average molecular weight is 206 g/mol. The minimum Gasteiger partial charge on any atom is -0.543 e. The molecule has 0 aromatic rings. The summed E-state index contributed by atoms with van der Waals surface area (Å²) < 4.78 is 0. The first kappa shape index (κ1) is 18.5. The van der Waals surface area contributed by atoms with Gasteiger partial charge in [0.1, 0.15) is 5.97 Å². The third-order valence-corrected chi connectivity index (χ3v) is 0.510. The van der Waals surface area contributed by atoms with Gasteiger partial charge in [-0.25, -0.2) is 13.1 Å². The van der Waals surface area contributed by atoms with Crippen LogP contribution in [0.4, 0.5) is 0 Å². The summed E-state index contributed by atoms with van der Waals surface area (Å²) in [6.45, 7) is 13.0. The van der Waals surface area contributed by atoms with Crippen molar-refractivity contribution in [3.8, 4) is 0 Å². The van der Waals surface area contributed by atoms with Crippen LogP contribution in [0.25, 0.3) is 9.69 Å². The average Bonchev–Trinajstić information content (AvgIpc) is 1.87. The van der Waals surface area contributed by atoms with Gasteiger partial charge >= 0.3 is 51.4 Å². The second kappa shape index (κ2) is 14.3. The first-order valence-corrected chi connectivity index (χ1v) is 2.90. The topological polar surface area (TPSA) is 65.9 Å². The van der Waals surface area contributed by atoms with Crippen LogP contribution in [0.1, 0.15) is 6.92 Å². The zero-order valence-corrected chi connectivity index (χ0v) is 10.7. The fourth-order valence-electron chi connectivity index (χ4n) is 0.176. The van der Waals surface area contributed by atoms with E-state index in [1.807, 2.05) is 0 Å². The molecule has 0 atom stereocenters. The maximum absolute atomic E-state index is 9.83. The summed E-state index contributed by atoms with van der Waals surface area (Å²) in [6.07, 6.45) is 0. The molecule has 0 radical (unpaired) electrons. The Morgan fingerprint density at radius 2 is 1.62 bits per heavy atom. The van der Waals surface area contributed by atoms with Crippen molar-refractivity contribution in [2.24, 2.45) is 0 Å². The molecule has 6 heteroatoms. The van der Waals surface area contributed by atoms with Gasteiger partial charge in [-0.2, -0.15) is 0 Å². The molecule has 0 saturated heterocycles. The van der Waals surface area contributed by atoms with Crippen molar-refractivity contribution in [2.45, 2.75) is 6.92 Å². The Bertz CT molecular complexity index is 213. The van der Waals surface area contributed by atoms with Crippen molar-refractivity contribution in [1.82, 2.24) is 0 Å². The molecule has 0 fully saturated rings. The number of carboxylic acids is 1. The molecule has 0 spiro atoms. The van der Waals surface area contributed by atoms with E-state index in [9.17, 15) is 14.7 Å². The molecule has 0 amide bonds. The molecule has 0 aliphatic carbocycles. The van der Waals surface area contributed by atoms with E-state index < -0.39 is 12.5 Å². The van der Waals surface area contributed by atoms with E-state index in [1.165, 1.54) is 6.92 Å². The molecule has 0 heterocycles. The largest absolute Gasteiger partial charge is 1.00 e. The van der Waals surface area contributed by atoms with Crippen LogP contribution in [-0.2, 0) is 9.59 Å². The van der Waals surface area contributed by atoms with Gasteiger partial charge in [-0.1, -0.05) is 0 Å². The van der Waals surface area contributed by atoms with Gasteiger partial charge in [-0.05, 0) is 0 Å². The normalized spacial score (nSPS) is 6.08. The third kappa shape index (κ3) is 33.8. The van der Waals surface area contributed by atoms with Gasteiger partial charge in [0.15, 0.2) is 0 Å². The number of carbonyl (C=O) groups excluding carboxylic acids is 2. The van der Waals surface area contributed by atoms with Crippen molar-refractivity contribution < 1.29 is 66.1 Å². The maximum atomic E-state index is 9.83. The molecule has 0 aromatic carbocycles. The van der Waals surface area contributed by atoms with Crippen molar-refractivity contribution in [2.75, 3.05) is 13.1 Å². The van der Waals surface area contributed by atoms with Crippen LogP contribution in [0.3, 0.4) is 0 Å². The van der Waals surface area contributed by atoms with E-state index in [2.05, 4.69) is 9.69 Å². The molecule has 0 aromatic heterocycles. The second-order valence-electron chi connectivity index (χ2n) is 1.71. The van der Waals surface area contributed by atoms with Gasteiger partial charge < -0.3 is 19.6 Å². The standard InChI is InChI=1S/C4H5NO.C3H3NO2.K/c1-4(6)3-5-2;1-4-2-3(5)6;/h3H2,1H3;2H2,(H,5,6);/q;;+1/p-1. The monoisotopic (exact) mass is 206 g/mol. The Labute approximate surface area is 119 Å². The van der Waals surface area contributed by atoms with Crippen LogP contribution in [0.2, 0.25) is 0 Å². The maximum Gasteiger partial charge on any atom is 1.00 e. The molecule has 0 unspecified atom stereocenters. The molecule has 0 N–H and O–H groups in total. The molecule has 0 aliphatic heterocycles. The second-order valence-corrected chi connectivity index (χ2v) is 1.71. The van der Waals surface area contributed by atoms with E-state index in [-0.39, 0.29) is 63.7 Å². The number of Topliss-reactive ketones (excluding diaryl/α,β-unsaturated/α-hetero) is 1. The van der Waals surface area contributed by atoms with E-state index >= 15 is 0 Å². The van der Waals surface area contributed by atoms with Gasteiger partial charge in [-0.3, -0.25) is 4.79 Å². The molecule has 0 aliphatic rings. The van der Waals surface area contributed by atoms with E-state index in [4.69, 9.17) is 13.1 Å². The van der Waals surface area contributed by atoms with E-state index in [0.717, 1.165) is 0 Å². The van der Waals surface area contributed by atoms with Gasteiger partial charge in [0.05, 0.1) is 0 Å². The number of hydrogen-bond acceptors (Lipinski definition) is 3. The number of nitrogens with zero attached hydrogens (tertiary/aromatic N) is 2. The zero-order chi connectivity index (χ0) is 9.98. The number of hydrogen-bond donors (Lipinski definition) is 0. The number of rotatable bonds is 2. The van der Waals surface area contributed by atoms with Crippen molar-refractivity contribution in [3.63, 3.8) is 0 Å². The summed E-state index contributed by atoms with van der Waals surface area (Å²) in [4.78, 5) is 24.5. The molecule has 5 nitrogen and oxygen atoms in total. The molecule has 13 heavy (non-hydrogen) atoms. The zero-order valence-electron chi connectivity index (χ0n) is 7.53. The van der Waals surface area contributed by atoms with Crippen LogP contribution in [0.15, 0.2) is 0 Å². The van der Waals surface area contributed by atoms with Gasteiger partial charge in [0.25, 0.3) is 13.1 Å². The number of carboxylic acid groups (broad SMARTS) is 1. The van der Waals surface area contributed by atoms with Gasteiger partial charge in [-0.15, -0.1) is 0 Å². The van der Waals surface area contributed by atoms with Crippen LogP contribution in [-0.4, -0.2) is 24.8 Å². The summed E-state index contributed by atoms with van der Waals surface area (Å²) in [6, 6.07) is 0. The Hall–Kier alpha value is -0.244. The first-order valence-electron chi connectivity index (χ1n) is 2.90. The van der Waals surface area contributed by atoms with Crippen LogP contribution < -0.4 is 56.5 Å². The van der Waals surface area contributed by atoms with Gasteiger partial charge in [0.2, 0.25) is 5.78 Å². The summed E-state index contributed by atoms with van der Waals surface area (Å²) >= 11 is 0. The van der Waals surface area contributed by atoms with Crippen molar-refractivity contribution >= 4 is 11.8 Å². The Kier molecular flexibility index (Phi) is 20.4. The molecule has 64 valence electrons. The fraction of sp³-hybridized carbons (Fsp3) is 0.429. The third-order valence-electron chi connectivity index (χ3n) is 0.510. The van der Waals surface area contributed by atoms with E-state index in [1.54, 1.807) is 0 Å². The number of carbonyl (C=O) groups is 2. The molecule has 0 bridgehead atoms. The molecule has 0 rings (SSSR count). The number of ketones is 1. The van der Waals surface area contributed by atoms with Crippen LogP contribution in [0, 0.1) is 13.1 Å². The summed E-state index contributed by atoms with van der Waals surface area (Å²) in [7, 11) is 0. The van der Waals surface area contributed by atoms with Crippen LogP contribution >= 0.6 is 0 Å². The molecular formula is C7H7KN2O3. The molecule has 0 saturated carbocycles. The summed E-state index contributed by atoms with van der Waals surface area (Å²) in [5.74, 6) is -1.38. The predicted octanol–water partition coefficient (Wildman–Crippen LogP) is -3.85. The molecular weight excluding hydrogens is 199 g/mol. The van der Waals surface area contributed by atoms with Crippen LogP contribution in [0.5, 0.6) is 0 Å². The minimum atomic E-state index is -1.31. The quantitative estimate of drug-likeness (QED) is 0.343. The number of aliphatic carboxylic acids is 1. The van der Waals surface area contributed by atoms with Gasteiger partial charge in [0, 0.05) is 6.92 Å². The van der Waals surface area contributed by atoms with Crippen molar-refractivity contribution in [3.05, 3.63) is 22.8 Å². The Morgan fingerprint density at radius 1 is 1.23 bits per heavy atom. The smallest absolute Gasteiger partial charge is 0.543 e.